The molecule has 1 aliphatic rings. The molecular formula is C16H16ClN. The maximum atomic E-state index is 6.10. The third-order valence-electron chi connectivity index (χ3n) is 3.66. The van der Waals surface area contributed by atoms with Gasteiger partial charge in [-0.15, -0.1) is 0 Å². The number of nitrogens with one attached hydrogen (secondary N) is 1. The van der Waals surface area contributed by atoms with E-state index in [0.29, 0.717) is 12.0 Å². The average Bonchev–Trinajstić information content (AvgIpc) is 2.89. The van der Waals surface area contributed by atoms with Crippen molar-refractivity contribution in [1.82, 2.24) is 5.32 Å². The first-order chi connectivity index (χ1) is 8.84. The van der Waals surface area contributed by atoms with Gasteiger partial charge in [0.1, 0.15) is 0 Å². The average molecular weight is 258 g/mol. The normalized spacial score (nSPS) is 23.2. The van der Waals surface area contributed by atoms with Gasteiger partial charge in [-0.1, -0.05) is 54.1 Å². The molecule has 0 aliphatic carbocycles. The summed E-state index contributed by atoms with van der Waals surface area (Å²) in [5.41, 5.74) is 2.70. The van der Waals surface area contributed by atoms with Gasteiger partial charge >= 0.3 is 0 Å². The van der Waals surface area contributed by atoms with Crippen LogP contribution in [0.1, 0.15) is 29.5 Å². The summed E-state index contributed by atoms with van der Waals surface area (Å²) < 4.78 is 0. The van der Waals surface area contributed by atoms with Crippen LogP contribution in [0, 0.1) is 0 Å². The first-order valence-electron chi connectivity index (χ1n) is 6.38. The summed E-state index contributed by atoms with van der Waals surface area (Å²) in [6.45, 7) is 1.07. The molecule has 0 aromatic heterocycles. The Labute approximate surface area is 113 Å². The zero-order valence-electron chi connectivity index (χ0n) is 10.1. The van der Waals surface area contributed by atoms with E-state index in [1.807, 2.05) is 12.1 Å². The lowest BCUT2D eigenvalue weighted by molar-refractivity contribution is 0.578. The lowest BCUT2D eigenvalue weighted by Gasteiger charge is -2.20. The summed E-state index contributed by atoms with van der Waals surface area (Å²) in [5.74, 6) is 0.520. The van der Waals surface area contributed by atoms with Crippen LogP contribution < -0.4 is 5.32 Å². The Kier molecular flexibility index (Phi) is 3.35. The van der Waals surface area contributed by atoms with Gasteiger partial charge in [0, 0.05) is 17.0 Å². The fraction of sp³-hybridized carbons (Fsp3) is 0.250. The van der Waals surface area contributed by atoms with Crippen LogP contribution in [-0.2, 0) is 0 Å². The van der Waals surface area contributed by atoms with Crippen molar-refractivity contribution in [3.63, 3.8) is 0 Å². The van der Waals surface area contributed by atoms with Crippen LogP contribution in [0.15, 0.2) is 54.6 Å². The molecule has 1 saturated heterocycles. The molecule has 0 saturated carbocycles. The molecular weight excluding hydrogens is 242 g/mol. The van der Waals surface area contributed by atoms with Crippen LogP contribution in [0.25, 0.3) is 0 Å². The molecule has 0 amide bonds. The minimum Gasteiger partial charge on any atom is -0.309 e. The molecule has 2 aromatic rings. The van der Waals surface area contributed by atoms with Crippen molar-refractivity contribution in [2.75, 3.05) is 6.54 Å². The topological polar surface area (TPSA) is 12.0 Å². The summed E-state index contributed by atoms with van der Waals surface area (Å²) in [4.78, 5) is 0. The number of rotatable bonds is 2. The molecule has 1 nitrogen and oxygen atoms in total. The third kappa shape index (κ3) is 2.29. The van der Waals surface area contributed by atoms with Gasteiger partial charge in [0.25, 0.3) is 0 Å². The highest BCUT2D eigenvalue weighted by Crippen LogP contribution is 2.38. The van der Waals surface area contributed by atoms with Gasteiger partial charge in [-0.05, 0) is 36.2 Å². The first kappa shape index (κ1) is 11.8. The molecule has 2 atom stereocenters. The predicted molar refractivity (Wildman–Crippen MR) is 76.0 cm³/mol. The smallest absolute Gasteiger partial charge is 0.0408 e. The van der Waals surface area contributed by atoms with Crippen LogP contribution in [0.4, 0.5) is 0 Å². The molecule has 0 bridgehead atoms. The van der Waals surface area contributed by atoms with Crippen molar-refractivity contribution in [3.05, 3.63) is 70.7 Å². The van der Waals surface area contributed by atoms with E-state index < -0.39 is 0 Å². The molecule has 1 heterocycles. The first-order valence-corrected chi connectivity index (χ1v) is 6.76. The van der Waals surface area contributed by atoms with E-state index in [2.05, 4.69) is 47.8 Å². The highest BCUT2D eigenvalue weighted by molar-refractivity contribution is 6.30. The summed E-state index contributed by atoms with van der Waals surface area (Å²) in [7, 11) is 0. The van der Waals surface area contributed by atoms with Gasteiger partial charge in [-0.2, -0.15) is 0 Å². The van der Waals surface area contributed by atoms with Gasteiger partial charge in [-0.3, -0.25) is 0 Å². The Balaban J connectivity index is 1.92. The highest BCUT2D eigenvalue weighted by Gasteiger charge is 2.29. The van der Waals surface area contributed by atoms with E-state index in [0.717, 1.165) is 11.6 Å². The van der Waals surface area contributed by atoms with Crippen molar-refractivity contribution in [2.45, 2.75) is 18.4 Å². The van der Waals surface area contributed by atoms with E-state index in [1.54, 1.807) is 0 Å². The number of halogens is 1. The summed E-state index contributed by atoms with van der Waals surface area (Å²) in [5, 5.41) is 4.42. The summed E-state index contributed by atoms with van der Waals surface area (Å²) >= 11 is 6.10. The number of benzene rings is 2. The van der Waals surface area contributed by atoms with Gasteiger partial charge in [-0.25, -0.2) is 0 Å². The van der Waals surface area contributed by atoms with Crippen molar-refractivity contribution in [3.8, 4) is 0 Å². The van der Waals surface area contributed by atoms with Crippen molar-refractivity contribution in [2.24, 2.45) is 0 Å². The summed E-state index contributed by atoms with van der Waals surface area (Å²) in [6.07, 6.45) is 1.17. The van der Waals surface area contributed by atoms with Gasteiger partial charge < -0.3 is 5.32 Å². The van der Waals surface area contributed by atoms with Crippen LogP contribution in [0.3, 0.4) is 0 Å². The molecule has 3 rings (SSSR count). The molecule has 0 spiro atoms. The largest absolute Gasteiger partial charge is 0.309 e. The minimum absolute atomic E-state index is 0.407. The van der Waals surface area contributed by atoms with Crippen molar-refractivity contribution < 1.29 is 0 Å². The highest BCUT2D eigenvalue weighted by atomic mass is 35.5. The molecule has 2 unspecified atom stereocenters. The predicted octanol–water partition coefficient (Wildman–Crippen LogP) is 4.16. The zero-order chi connectivity index (χ0) is 12.4. The second kappa shape index (κ2) is 5.13. The number of hydrogen-bond donors (Lipinski definition) is 1. The van der Waals surface area contributed by atoms with Crippen LogP contribution in [0.2, 0.25) is 5.02 Å². The fourth-order valence-electron chi connectivity index (χ4n) is 2.81. The molecule has 2 aromatic carbocycles. The van der Waals surface area contributed by atoms with Crippen LogP contribution in [0.5, 0.6) is 0 Å². The monoisotopic (exact) mass is 257 g/mol. The fourth-order valence-corrected chi connectivity index (χ4v) is 3.01. The van der Waals surface area contributed by atoms with Gasteiger partial charge in [0.2, 0.25) is 0 Å². The van der Waals surface area contributed by atoms with E-state index >= 15 is 0 Å². The Morgan fingerprint density at radius 1 is 0.944 bits per heavy atom. The number of hydrogen-bond acceptors (Lipinski definition) is 1. The van der Waals surface area contributed by atoms with Crippen molar-refractivity contribution in [1.29, 1.82) is 0 Å². The SMILES string of the molecule is Clc1cccc(C2CCNC2c2ccccc2)c1. The lowest BCUT2D eigenvalue weighted by Crippen LogP contribution is -2.16. The Morgan fingerprint density at radius 2 is 1.72 bits per heavy atom. The second-order valence-corrected chi connectivity index (χ2v) is 5.23. The third-order valence-corrected chi connectivity index (χ3v) is 3.89. The van der Waals surface area contributed by atoms with E-state index in [-0.39, 0.29) is 0 Å². The van der Waals surface area contributed by atoms with E-state index in [4.69, 9.17) is 11.6 Å². The molecule has 2 heteroatoms. The maximum Gasteiger partial charge on any atom is 0.0408 e. The van der Waals surface area contributed by atoms with E-state index in [9.17, 15) is 0 Å². The zero-order valence-corrected chi connectivity index (χ0v) is 10.9. The lowest BCUT2D eigenvalue weighted by atomic mass is 9.88. The van der Waals surface area contributed by atoms with Gasteiger partial charge in [0.15, 0.2) is 0 Å². The van der Waals surface area contributed by atoms with Crippen LogP contribution >= 0.6 is 11.6 Å². The Morgan fingerprint density at radius 3 is 2.50 bits per heavy atom. The van der Waals surface area contributed by atoms with Gasteiger partial charge in [0.05, 0.1) is 0 Å². The minimum atomic E-state index is 0.407. The molecule has 1 N–H and O–H groups in total. The van der Waals surface area contributed by atoms with Crippen molar-refractivity contribution >= 4 is 11.6 Å². The second-order valence-electron chi connectivity index (χ2n) is 4.79. The molecule has 1 aliphatic heterocycles. The summed E-state index contributed by atoms with van der Waals surface area (Å²) in [6, 6.07) is 19.3. The Hall–Kier alpha value is -1.31. The quantitative estimate of drug-likeness (QED) is 0.852. The maximum absolute atomic E-state index is 6.10. The molecule has 92 valence electrons. The molecule has 18 heavy (non-hydrogen) atoms. The Bertz CT molecular complexity index is 524. The molecule has 1 fully saturated rings. The van der Waals surface area contributed by atoms with Crippen LogP contribution in [-0.4, -0.2) is 6.54 Å². The molecule has 0 radical (unpaired) electrons. The standard InChI is InChI=1S/C16H16ClN/c17-14-8-4-7-13(11-14)15-9-10-18-16(15)12-5-2-1-3-6-12/h1-8,11,15-16,18H,9-10H2. The van der Waals surface area contributed by atoms with E-state index in [1.165, 1.54) is 17.5 Å².